The van der Waals surface area contributed by atoms with Crippen LogP contribution in [-0.2, 0) is 0 Å². The van der Waals surface area contributed by atoms with Crippen LogP contribution < -0.4 is 5.32 Å². The zero-order valence-corrected chi connectivity index (χ0v) is 11.3. The minimum Gasteiger partial charge on any atom is -0.316 e. The van der Waals surface area contributed by atoms with Gasteiger partial charge in [0.1, 0.15) is 0 Å². The number of hydrogen-bond donors (Lipinski definition) is 1. The molecule has 1 heterocycles. The van der Waals surface area contributed by atoms with Gasteiger partial charge in [0.2, 0.25) is 0 Å². The molecule has 2 atom stereocenters. The third-order valence-electron chi connectivity index (χ3n) is 4.29. The van der Waals surface area contributed by atoms with Crippen LogP contribution in [0.3, 0.4) is 0 Å². The van der Waals surface area contributed by atoms with Gasteiger partial charge in [0.15, 0.2) is 0 Å². The van der Waals surface area contributed by atoms with Crippen molar-refractivity contribution in [3.8, 4) is 0 Å². The van der Waals surface area contributed by atoms with E-state index in [2.05, 4.69) is 29.3 Å². The fraction of sp³-hybridized carbons (Fsp3) is 0.867. The lowest BCUT2D eigenvalue weighted by Gasteiger charge is -2.32. The van der Waals surface area contributed by atoms with Crippen LogP contribution in [0.5, 0.6) is 0 Å². The van der Waals surface area contributed by atoms with Gasteiger partial charge in [0, 0.05) is 6.54 Å². The first-order valence-corrected chi connectivity index (χ1v) is 7.46. The lowest BCUT2D eigenvalue weighted by molar-refractivity contribution is 0.179. The molecule has 0 unspecified atom stereocenters. The van der Waals surface area contributed by atoms with E-state index in [1.807, 2.05) is 0 Å². The Morgan fingerprint density at radius 3 is 2.82 bits per heavy atom. The van der Waals surface area contributed by atoms with Gasteiger partial charge in [-0.3, -0.25) is 0 Å². The van der Waals surface area contributed by atoms with Crippen LogP contribution in [0.25, 0.3) is 0 Å². The maximum Gasteiger partial charge on any atom is 0.00217 e. The smallest absolute Gasteiger partial charge is 0.00217 e. The van der Waals surface area contributed by atoms with Gasteiger partial charge in [-0.05, 0) is 70.1 Å². The van der Waals surface area contributed by atoms with E-state index in [-0.39, 0.29) is 0 Å². The molecule has 0 aromatic heterocycles. The van der Waals surface area contributed by atoms with E-state index in [9.17, 15) is 0 Å². The number of piperidine rings is 1. The highest BCUT2D eigenvalue weighted by Crippen LogP contribution is 2.18. The normalized spacial score (nSPS) is 30.6. The largest absolute Gasteiger partial charge is 0.316 e. The van der Waals surface area contributed by atoms with Gasteiger partial charge in [0.25, 0.3) is 0 Å². The van der Waals surface area contributed by atoms with Gasteiger partial charge in [-0.15, -0.1) is 0 Å². The second kappa shape index (κ2) is 7.17. The summed E-state index contributed by atoms with van der Waals surface area (Å²) in [6.45, 7) is 8.60. The van der Waals surface area contributed by atoms with Gasteiger partial charge >= 0.3 is 0 Å². The van der Waals surface area contributed by atoms with Crippen LogP contribution in [0, 0.1) is 11.8 Å². The predicted molar refractivity (Wildman–Crippen MR) is 74.2 cm³/mol. The zero-order chi connectivity index (χ0) is 11.9. The monoisotopic (exact) mass is 236 g/mol. The van der Waals surface area contributed by atoms with Crippen LogP contribution in [-0.4, -0.2) is 37.6 Å². The number of allylic oxidation sites excluding steroid dienone is 2. The summed E-state index contributed by atoms with van der Waals surface area (Å²) in [7, 11) is 0. The van der Waals surface area contributed by atoms with E-state index in [1.54, 1.807) is 0 Å². The minimum atomic E-state index is 0.892. The van der Waals surface area contributed by atoms with Crippen molar-refractivity contribution < 1.29 is 0 Å². The van der Waals surface area contributed by atoms with Crippen molar-refractivity contribution >= 4 is 0 Å². The lowest BCUT2D eigenvalue weighted by Crippen LogP contribution is -2.40. The fourth-order valence-electron chi connectivity index (χ4n) is 3.14. The molecule has 17 heavy (non-hydrogen) atoms. The summed E-state index contributed by atoms with van der Waals surface area (Å²) in [5.74, 6) is 1.79. The Bertz CT molecular complexity index is 237. The SMILES string of the molecule is CCN1CCC[C@H](CNC[C@@H]2CC=CCC2)C1. The number of likely N-dealkylation sites (tertiary alicyclic amines) is 1. The Kier molecular flexibility index (Phi) is 5.53. The third kappa shape index (κ3) is 4.44. The van der Waals surface area contributed by atoms with Crippen LogP contribution >= 0.6 is 0 Å². The molecule has 1 N–H and O–H groups in total. The molecule has 0 amide bonds. The van der Waals surface area contributed by atoms with E-state index >= 15 is 0 Å². The highest BCUT2D eigenvalue weighted by molar-refractivity contribution is 4.90. The van der Waals surface area contributed by atoms with Crippen LogP contribution in [0.4, 0.5) is 0 Å². The molecular weight excluding hydrogens is 208 g/mol. The van der Waals surface area contributed by atoms with Crippen molar-refractivity contribution in [2.45, 2.75) is 39.0 Å². The Hall–Kier alpha value is -0.340. The maximum absolute atomic E-state index is 3.71. The van der Waals surface area contributed by atoms with Crippen LogP contribution in [0.1, 0.15) is 39.0 Å². The Balaban J connectivity index is 1.59. The van der Waals surface area contributed by atoms with Gasteiger partial charge in [-0.2, -0.15) is 0 Å². The average Bonchev–Trinajstić information content (AvgIpc) is 2.40. The molecule has 0 saturated carbocycles. The highest BCUT2D eigenvalue weighted by atomic mass is 15.1. The maximum atomic E-state index is 3.71. The van der Waals surface area contributed by atoms with E-state index in [0.29, 0.717) is 0 Å². The molecule has 1 aliphatic carbocycles. The molecule has 0 spiro atoms. The minimum absolute atomic E-state index is 0.892. The number of nitrogens with one attached hydrogen (secondary N) is 1. The van der Waals surface area contributed by atoms with Gasteiger partial charge in [-0.1, -0.05) is 19.1 Å². The summed E-state index contributed by atoms with van der Waals surface area (Å²) in [5.41, 5.74) is 0. The molecule has 1 saturated heterocycles. The highest BCUT2D eigenvalue weighted by Gasteiger charge is 2.18. The fourth-order valence-corrected chi connectivity index (χ4v) is 3.14. The molecule has 2 heteroatoms. The van der Waals surface area contributed by atoms with Crippen molar-refractivity contribution in [3.63, 3.8) is 0 Å². The standard InChI is InChI=1S/C15H28N2/c1-2-17-10-6-9-15(13-17)12-16-11-14-7-4-3-5-8-14/h3-4,14-16H,2,5-13H2,1H3/t14-,15-/m1/s1. The number of nitrogens with zero attached hydrogens (tertiary/aromatic N) is 1. The zero-order valence-electron chi connectivity index (χ0n) is 11.3. The predicted octanol–water partition coefficient (Wildman–Crippen LogP) is 2.66. The first kappa shape index (κ1) is 13.1. The summed E-state index contributed by atoms with van der Waals surface area (Å²) >= 11 is 0. The number of rotatable bonds is 5. The first-order chi connectivity index (χ1) is 8.38. The third-order valence-corrected chi connectivity index (χ3v) is 4.29. The Labute approximate surface area is 106 Å². The quantitative estimate of drug-likeness (QED) is 0.738. The summed E-state index contributed by atoms with van der Waals surface area (Å²) < 4.78 is 0. The summed E-state index contributed by atoms with van der Waals surface area (Å²) in [6.07, 6.45) is 11.5. The number of hydrogen-bond acceptors (Lipinski definition) is 2. The molecule has 2 nitrogen and oxygen atoms in total. The topological polar surface area (TPSA) is 15.3 Å². The molecule has 2 rings (SSSR count). The molecule has 98 valence electrons. The van der Waals surface area contributed by atoms with E-state index in [0.717, 1.165) is 11.8 Å². The van der Waals surface area contributed by atoms with E-state index in [4.69, 9.17) is 0 Å². The van der Waals surface area contributed by atoms with Crippen molar-refractivity contribution in [2.24, 2.45) is 11.8 Å². The van der Waals surface area contributed by atoms with Gasteiger partial charge in [0.05, 0.1) is 0 Å². The summed E-state index contributed by atoms with van der Waals surface area (Å²) in [5, 5.41) is 3.71. The lowest BCUT2D eigenvalue weighted by atomic mass is 9.93. The second-order valence-corrected chi connectivity index (χ2v) is 5.71. The molecule has 1 aliphatic heterocycles. The second-order valence-electron chi connectivity index (χ2n) is 5.71. The molecule has 0 radical (unpaired) electrons. The summed E-state index contributed by atoms with van der Waals surface area (Å²) in [4.78, 5) is 2.60. The van der Waals surface area contributed by atoms with Crippen molar-refractivity contribution in [1.82, 2.24) is 10.2 Å². The molecule has 2 aliphatic rings. The van der Waals surface area contributed by atoms with Crippen molar-refractivity contribution in [3.05, 3.63) is 12.2 Å². The van der Waals surface area contributed by atoms with Gasteiger partial charge in [-0.25, -0.2) is 0 Å². The van der Waals surface area contributed by atoms with E-state index < -0.39 is 0 Å². The first-order valence-electron chi connectivity index (χ1n) is 7.46. The van der Waals surface area contributed by atoms with Crippen molar-refractivity contribution in [2.75, 3.05) is 32.7 Å². The Morgan fingerprint density at radius 2 is 2.06 bits per heavy atom. The van der Waals surface area contributed by atoms with Crippen LogP contribution in [0.15, 0.2) is 12.2 Å². The van der Waals surface area contributed by atoms with E-state index in [1.165, 1.54) is 64.8 Å². The average molecular weight is 236 g/mol. The van der Waals surface area contributed by atoms with Crippen molar-refractivity contribution in [1.29, 1.82) is 0 Å². The Morgan fingerprint density at radius 1 is 1.18 bits per heavy atom. The molecule has 0 aromatic rings. The van der Waals surface area contributed by atoms with Crippen LogP contribution in [0.2, 0.25) is 0 Å². The molecule has 0 aromatic carbocycles. The molecule has 1 fully saturated rings. The molecular formula is C15H28N2. The molecule has 0 bridgehead atoms. The van der Waals surface area contributed by atoms with Gasteiger partial charge < -0.3 is 10.2 Å². The summed E-state index contributed by atoms with van der Waals surface area (Å²) in [6, 6.07) is 0.